The van der Waals surface area contributed by atoms with E-state index < -0.39 is 47.8 Å². The van der Waals surface area contributed by atoms with Gasteiger partial charge in [-0.1, -0.05) is 0 Å². The van der Waals surface area contributed by atoms with Crippen molar-refractivity contribution in [3.63, 3.8) is 0 Å². The molecule has 1 aliphatic rings. The van der Waals surface area contributed by atoms with Crippen molar-refractivity contribution in [3.8, 4) is 0 Å². The van der Waals surface area contributed by atoms with Crippen molar-refractivity contribution in [1.82, 2.24) is 9.55 Å². The standard InChI is InChI=1S/C10H12F2N2O5/c1-10(12)6(16)5(3-15)19-8(10)14-2-4(11)7(17)13-9(14)18/h2,5-6,8,15-16H,3H2,1H3,(H,13,17,18)/t5-,6?,8-,10-/m1/s1. The summed E-state index contributed by atoms with van der Waals surface area (Å²) >= 11 is 0. The SMILES string of the molecule is C[C@@]1(F)C(O)[C@@H](CO)O[C@H]1n1cc(F)c(=O)[nH]c1=O. The number of hydrogen-bond acceptors (Lipinski definition) is 5. The fourth-order valence-electron chi connectivity index (χ4n) is 2.00. The molecule has 1 aromatic rings. The van der Waals surface area contributed by atoms with E-state index in [1.165, 1.54) is 0 Å². The zero-order valence-electron chi connectivity index (χ0n) is 9.84. The quantitative estimate of drug-likeness (QED) is 0.620. The van der Waals surface area contributed by atoms with E-state index in [-0.39, 0.29) is 0 Å². The lowest BCUT2D eigenvalue weighted by molar-refractivity contribution is -0.0616. The van der Waals surface area contributed by atoms with Gasteiger partial charge in [0, 0.05) is 0 Å². The van der Waals surface area contributed by atoms with Gasteiger partial charge in [-0.05, 0) is 6.92 Å². The first kappa shape index (κ1) is 13.8. The number of aromatic nitrogens is 2. The number of hydrogen-bond donors (Lipinski definition) is 3. The van der Waals surface area contributed by atoms with Gasteiger partial charge in [0.25, 0.3) is 5.56 Å². The van der Waals surface area contributed by atoms with Crippen LogP contribution >= 0.6 is 0 Å². The van der Waals surface area contributed by atoms with Crippen molar-refractivity contribution in [3.05, 3.63) is 32.9 Å². The summed E-state index contributed by atoms with van der Waals surface area (Å²) in [6.45, 7) is 0.283. The molecule has 4 atom stereocenters. The van der Waals surface area contributed by atoms with Crippen molar-refractivity contribution in [1.29, 1.82) is 0 Å². The lowest BCUT2D eigenvalue weighted by atomic mass is 9.98. The highest BCUT2D eigenvalue weighted by atomic mass is 19.1. The summed E-state index contributed by atoms with van der Waals surface area (Å²) in [4.78, 5) is 24.1. The van der Waals surface area contributed by atoms with Crippen LogP contribution in [0.1, 0.15) is 13.2 Å². The minimum absolute atomic E-state index is 0.496. The van der Waals surface area contributed by atoms with Gasteiger partial charge in [-0.25, -0.2) is 9.18 Å². The molecule has 1 aliphatic heterocycles. The number of halogens is 2. The summed E-state index contributed by atoms with van der Waals surface area (Å²) in [5.41, 5.74) is -4.74. The Labute approximate surface area is 105 Å². The highest BCUT2D eigenvalue weighted by molar-refractivity contribution is 5.01. The molecule has 0 aromatic carbocycles. The van der Waals surface area contributed by atoms with E-state index in [2.05, 4.69) is 0 Å². The normalized spacial score (nSPS) is 34.7. The van der Waals surface area contributed by atoms with E-state index in [9.17, 15) is 23.5 Å². The second-order valence-electron chi connectivity index (χ2n) is 4.45. The summed E-state index contributed by atoms with van der Waals surface area (Å²) in [5.74, 6) is -1.29. The monoisotopic (exact) mass is 278 g/mol. The van der Waals surface area contributed by atoms with E-state index in [1.807, 2.05) is 0 Å². The number of nitrogens with one attached hydrogen (secondary N) is 1. The molecule has 2 heterocycles. The number of ether oxygens (including phenoxy) is 1. The van der Waals surface area contributed by atoms with Gasteiger partial charge in [0.1, 0.15) is 12.2 Å². The number of aromatic amines is 1. The van der Waals surface area contributed by atoms with E-state index in [0.717, 1.165) is 6.92 Å². The third-order valence-corrected chi connectivity index (χ3v) is 3.07. The molecule has 1 unspecified atom stereocenters. The van der Waals surface area contributed by atoms with Crippen LogP contribution in [-0.2, 0) is 4.74 Å². The Kier molecular flexibility index (Phi) is 3.29. The second-order valence-corrected chi connectivity index (χ2v) is 4.45. The fraction of sp³-hybridized carbons (Fsp3) is 0.600. The van der Waals surface area contributed by atoms with Gasteiger partial charge in [0.15, 0.2) is 11.9 Å². The predicted molar refractivity (Wildman–Crippen MR) is 57.8 cm³/mol. The summed E-state index contributed by atoms with van der Waals surface area (Å²) in [6.07, 6.45) is -4.10. The van der Waals surface area contributed by atoms with Crippen molar-refractivity contribution in [2.24, 2.45) is 0 Å². The Morgan fingerprint density at radius 1 is 1.58 bits per heavy atom. The summed E-state index contributed by atoms with van der Waals surface area (Å²) < 4.78 is 33.0. The molecule has 7 nitrogen and oxygen atoms in total. The van der Waals surface area contributed by atoms with Crippen LogP contribution in [0.4, 0.5) is 8.78 Å². The van der Waals surface area contributed by atoms with Crippen molar-refractivity contribution < 1.29 is 23.7 Å². The molecule has 1 saturated heterocycles. The smallest absolute Gasteiger partial charge is 0.330 e. The van der Waals surface area contributed by atoms with Gasteiger partial charge >= 0.3 is 5.69 Å². The summed E-state index contributed by atoms with van der Waals surface area (Å²) in [7, 11) is 0. The maximum absolute atomic E-state index is 14.3. The average molecular weight is 278 g/mol. The van der Waals surface area contributed by atoms with Gasteiger partial charge < -0.3 is 14.9 Å². The number of H-pyrrole nitrogens is 1. The van der Waals surface area contributed by atoms with Gasteiger partial charge in [-0.3, -0.25) is 14.3 Å². The van der Waals surface area contributed by atoms with Crippen LogP contribution < -0.4 is 11.2 Å². The molecule has 1 aromatic heterocycles. The first-order valence-corrected chi connectivity index (χ1v) is 5.43. The molecule has 106 valence electrons. The Morgan fingerprint density at radius 2 is 2.21 bits per heavy atom. The molecule has 19 heavy (non-hydrogen) atoms. The zero-order chi connectivity index (χ0) is 14.4. The van der Waals surface area contributed by atoms with E-state index >= 15 is 0 Å². The Hall–Kier alpha value is -1.58. The number of nitrogens with zero attached hydrogens (tertiary/aromatic N) is 1. The predicted octanol–water partition coefficient (Wildman–Crippen LogP) is -1.35. The van der Waals surface area contributed by atoms with E-state index in [4.69, 9.17) is 9.84 Å². The molecule has 0 bridgehead atoms. The number of aliphatic hydroxyl groups excluding tert-OH is 2. The van der Waals surface area contributed by atoms with Crippen LogP contribution in [0.3, 0.4) is 0 Å². The average Bonchev–Trinajstić information content (AvgIpc) is 2.56. The third kappa shape index (κ3) is 2.09. The fourth-order valence-corrected chi connectivity index (χ4v) is 2.00. The summed E-state index contributed by atoms with van der Waals surface area (Å²) in [5, 5.41) is 18.6. The maximum Gasteiger partial charge on any atom is 0.330 e. The first-order valence-electron chi connectivity index (χ1n) is 5.43. The Bertz CT molecular complexity index is 596. The van der Waals surface area contributed by atoms with Gasteiger partial charge in [0.2, 0.25) is 5.82 Å². The molecule has 1 fully saturated rings. The van der Waals surface area contributed by atoms with E-state index in [0.29, 0.717) is 10.8 Å². The molecular weight excluding hydrogens is 266 g/mol. The third-order valence-electron chi connectivity index (χ3n) is 3.07. The Balaban J connectivity index is 2.51. The van der Waals surface area contributed by atoms with E-state index in [1.54, 1.807) is 4.98 Å². The minimum atomic E-state index is -2.43. The number of rotatable bonds is 2. The van der Waals surface area contributed by atoms with Crippen LogP contribution in [0.25, 0.3) is 0 Å². The molecule has 0 radical (unpaired) electrons. The first-order chi connectivity index (χ1) is 8.78. The second kappa shape index (κ2) is 4.51. The zero-order valence-corrected chi connectivity index (χ0v) is 9.84. The lowest BCUT2D eigenvalue weighted by Crippen LogP contribution is -2.44. The molecule has 0 aliphatic carbocycles. The number of alkyl halides is 1. The molecule has 0 saturated carbocycles. The van der Waals surface area contributed by atoms with Gasteiger partial charge in [-0.15, -0.1) is 0 Å². The van der Waals surface area contributed by atoms with Crippen LogP contribution in [0, 0.1) is 5.82 Å². The van der Waals surface area contributed by atoms with Gasteiger partial charge in [-0.2, -0.15) is 4.39 Å². The number of aliphatic hydroxyl groups is 2. The van der Waals surface area contributed by atoms with Crippen LogP contribution in [0.15, 0.2) is 15.8 Å². The van der Waals surface area contributed by atoms with Crippen molar-refractivity contribution in [2.45, 2.75) is 31.0 Å². The van der Waals surface area contributed by atoms with Crippen molar-refractivity contribution >= 4 is 0 Å². The largest absolute Gasteiger partial charge is 0.394 e. The Morgan fingerprint density at radius 3 is 2.74 bits per heavy atom. The molecule has 0 amide bonds. The lowest BCUT2D eigenvalue weighted by Gasteiger charge is -2.24. The van der Waals surface area contributed by atoms with Crippen LogP contribution in [-0.4, -0.2) is 44.2 Å². The summed E-state index contributed by atoms with van der Waals surface area (Å²) in [6, 6.07) is 0. The van der Waals surface area contributed by atoms with Crippen LogP contribution in [0.2, 0.25) is 0 Å². The van der Waals surface area contributed by atoms with Crippen molar-refractivity contribution in [2.75, 3.05) is 6.61 Å². The minimum Gasteiger partial charge on any atom is -0.394 e. The molecule has 3 N–H and O–H groups in total. The maximum atomic E-state index is 14.3. The highest BCUT2D eigenvalue weighted by Gasteiger charge is 2.55. The highest BCUT2D eigenvalue weighted by Crippen LogP contribution is 2.40. The van der Waals surface area contributed by atoms with Gasteiger partial charge in [0.05, 0.1) is 12.8 Å². The molecule has 2 rings (SSSR count). The molecule has 0 spiro atoms. The van der Waals surface area contributed by atoms with Crippen LogP contribution in [0.5, 0.6) is 0 Å². The molecule has 9 heteroatoms. The molecular formula is C10H12F2N2O5. The topological polar surface area (TPSA) is 105 Å².